The van der Waals surface area contributed by atoms with Crippen LogP contribution in [0.3, 0.4) is 0 Å². The highest BCUT2D eigenvalue weighted by Crippen LogP contribution is 2.23. The van der Waals surface area contributed by atoms with E-state index in [4.69, 9.17) is 0 Å². The summed E-state index contributed by atoms with van der Waals surface area (Å²) in [5.41, 5.74) is 0. The van der Waals surface area contributed by atoms with Crippen LogP contribution in [0, 0.1) is 11.8 Å². The predicted octanol–water partition coefficient (Wildman–Crippen LogP) is 2.29. The molecule has 0 aromatic heterocycles. The third-order valence-corrected chi connectivity index (χ3v) is 3.64. The summed E-state index contributed by atoms with van der Waals surface area (Å²) in [5.74, 6) is -1.25. The van der Waals surface area contributed by atoms with Gasteiger partial charge in [0, 0.05) is 25.6 Å². The maximum atomic E-state index is 12.5. The molecule has 0 radical (unpaired) electrons. The molecule has 2 amide bonds. The number of nitrogens with zero attached hydrogens (tertiary/aromatic N) is 2. The van der Waals surface area contributed by atoms with Crippen LogP contribution in [0.5, 0.6) is 0 Å². The number of alkyl halides is 3. The molecule has 1 saturated heterocycles. The zero-order chi connectivity index (χ0) is 16.2. The average molecular weight is 308 g/mol. The number of carbonyl (C=O) groups excluding carboxylic acids is 2. The Balaban J connectivity index is 2.70. The Kier molecular flexibility index (Phi) is 6.04. The third kappa shape index (κ3) is 5.21. The van der Waals surface area contributed by atoms with Gasteiger partial charge < -0.3 is 9.80 Å². The van der Waals surface area contributed by atoms with Crippen molar-refractivity contribution in [3.63, 3.8) is 0 Å². The van der Waals surface area contributed by atoms with E-state index in [2.05, 4.69) is 0 Å². The number of halogens is 3. The van der Waals surface area contributed by atoms with Crippen LogP contribution in [0.2, 0.25) is 0 Å². The second-order valence-electron chi connectivity index (χ2n) is 5.75. The van der Waals surface area contributed by atoms with Gasteiger partial charge in [0.15, 0.2) is 0 Å². The van der Waals surface area contributed by atoms with E-state index >= 15 is 0 Å². The topological polar surface area (TPSA) is 40.6 Å². The molecule has 0 aromatic carbocycles. The average Bonchev–Trinajstić information content (AvgIpc) is 2.42. The van der Waals surface area contributed by atoms with Gasteiger partial charge in [0.1, 0.15) is 6.54 Å². The molecular weight excluding hydrogens is 285 g/mol. The standard InChI is InChI=1S/C14H23F3N2O2/c1-4-18(9-14(15,16)17)13(21)11-6-5-7-19(8-11)12(20)10(2)3/h10-11H,4-9H2,1-3H3. The van der Waals surface area contributed by atoms with E-state index in [1.54, 1.807) is 18.7 Å². The molecule has 1 rings (SSSR count). The summed E-state index contributed by atoms with van der Waals surface area (Å²) >= 11 is 0. The molecule has 0 spiro atoms. The molecule has 21 heavy (non-hydrogen) atoms. The number of amides is 2. The van der Waals surface area contributed by atoms with Gasteiger partial charge in [-0.05, 0) is 19.8 Å². The first-order valence-electron chi connectivity index (χ1n) is 7.30. The Morgan fingerprint density at radius 1 is 1.33 bits per heavy atom. The summed E-state index contributed by atoms with van der Waals surface area (Å²) in [7, 11) is 0. The third-order valence-electron chi connectivity index (χ3n) is 3.64. The van der Waals surface area contributed by atoms with Crippen molar-refractivity contribution >= 4 is 11.8 Å². The lowest BCUT2D eigenvalue weighted by molar-refractivity contribution is -0.165. The van der Waals surface area contributed by atoms with Gasteiger partial charge in [-0.2, -0.15) is 13.2 Å². The van der Waals surface area contributed by atoms with Gasteiger partial charge in [-0.1, -0.05) is 13.8 Å². The Hall–Kier alpha value is -1.27. The van der Waals surface area contributed by atoms with Crippen LogP contribution in [0.4, 0.5) is 13.2 Å². The second-order valence-corrected chi connectivity index (χ2v) is 5.75. The minimum Gasteiger partial charge on any atom is -0.342 e. The van der Waals surface area contributed by atoms with Crippen molar-refractivity contribution in [1.29, 1.82) is 0 Å². The molecule has 1 aliphatic rings. The molecule has 0 bridgehead atoms. The number of carbonyl (C=O) groups is 2. The minimum absolute atomic E-state index is 0.0208. The second kappa shape index (κ2) is 7.13. The number of hydrogen-bond donors (Lipinski definition) is 0. The monoisotopic (exact) mass is 308 g/mol. The Morgan fingerprint density at radius 2 is 1.95 bits per heavy atom. The molecule has 0 aliphatic carbocycles. The maximum Gasteiger partial charge on any atom is 0.406 e. The van der Waals surface area contributed by atoms with Crippen LogP contribution >= 0.6 is 0 Å². The largest absolute Gasteiger partial charge is 0.406 e. The van der Waals surface area contributed by atoms with E-state index < -0.39 is 24.5 Å². The van der Waals surface area contributed by atoms with Gasteiger partial charge in [-0.25, -0.2) is 0 Å². The lowest BCUT2D eigenvalue weighted by Crippen LogP contribution is -2.49. The van der Waals surface area contributed by atoms with Crippen LogP contribution in [-0.4, -0.2) is 54.0 Å². The molecule has 0 N–H and O–H groups in total. The Labute approximate surface area is 123 Å². The van der Waals surface area contributed by atoms with Crippen molar-refractivity contribution in [1.82, 2.24) is 9.80 Å². The molecule has 0 saturated carbocycles. The summed E-state index contributed by atoms with van der Waals surface area (Å²) in [4.78, 5) is 26.6. The molecule has 0 aromatic rings. The summed E-state index contributed by atoms with van der Waals surface area (Å²) in [6.07, 6.45) is -3.21. The summed E-state index contributed by atoms with van der Waals surface area (Å²) in [5, 5.41) is 0. The van der Waals surface area contributed by atoms with Crippen molar-refractivity contribution in [3.05, 3.63) is 0 Å². The van der Waals surface area contributed by atoms with Crippen LogP contribution in [0.1, 0.15) is 33.6 Å². The number of rotatable bonds is 4. The van der Waals surface area contributed by atoms with Gasteiger partial charge in [-0.15, -0.1) is 0 Å². The molecule has 4 nitrogen and oxygen atoms in total. The van der Waals surface area contributed by atoms with Crippen molar-refractivity contribution in [2.24, 2.45) is 11.8 Å². The van der Waals surface area contributed by atoms with E-state index in [0.717, 1.165) is 4.90 Å². The van der Waals surface area contributed by atoms with Crippen molar-refractivity contribution in [2.75, 3.05) is 26.2 Å². The number of piperidine rings is 1. The van der Waals surface area contributed by atoms with E-state index in [0.29, 0.717) is 19.4 Å². The first kappa shape index (κ1) is 17.8. The molecule has 1 fully saturated rings. The molecule has 122 valence electrons. The highest BCUT2D eigenvalue weighted by molar-refractivity contribution is 5.82. The zero-order valence-electron chi connectivity index (χ0n) is 12.7. The number of likely N-dealkylation sites (tertiary alicyclic amines) is 1. The minimum atomic E-state index is -4.40. The van der Waals surface area contributed by atoms with Crippen molar-refractivity contribution in [2.45, 2.75) is 39.8 Å². The fourth-order valence-corrected chi connectivity index (χ4v) is 2.56. The molecular formula is C14H23F3N2O2. The quantitative estimate of drug-likeness (QED) is 0.799. The van der Waals surface area contributed by atoms with Gasteiger partial charge >= 0.3 is 6.18 Å². The van der Waals surface area contributed by atoms with E-state index in [1.807, 2.05) is 0 Å². The summed E-state index contributed by atoms with van der Waals surface area (Å²) in [6, 6.07) is 0. The first-order chi connectivity index (χ1) is 9.65. The number of hydrogen-bond acceptors (Lipinski definition) is 2. The predicted molar refractivity (Wildman–Crippen MR) is 72.5 cm³/mol. The van der Waals surface area contributed by atoms with Crippen molar-refractivity contribution in [3.8, 4) is 0 Å². The summed E-state index contributed by atoms with van der Waals surface area (Å²) in [6.45, 7) is 4.68. The molecule has 7 heteroatoms. The highest BCUT2D eigenvalue weighted by atomic mass is 19.4. The van der Waals surface area contributed by atoms with Crippen LogP contribution in [0.25, 0.3) is 0 Å². The van der Waals surface area contributed by atoms with Gasteiger partial charge in [0.25, 0.3) is 0 Å². The lowest BCUT2D eigenvalue weighted by Gasteiger charge is -2.35. The Bertz CT molecular complexity index is 383. The normalized spacial score (nSPS) is 19.8. The summed E-state index contributed by atoms with van der Waals surface area (Å²) < 4.78 is 37.4. The van der Waals surface area contributed by atoms with Gasteiger partial charge in [-0.3, -0.25) is 9.59 Å². The molecule has 1 heterocycles. The SMILES string of the molecule is CCN(CC(F)(F)F)C(=O)C1CCCN(C(=O)C(C)C)C1. The molecule has 1 aliphatic heterocycles. The van der Waals surface area contributed by atoms with Crippen LogP contribution in [0.15, 0.2) is 0 Å². The Morgan fingerprint density at radius 3 is 2.43 bits per heavy atom. The van der Waals surface area contributed by atoms with E-state index in [1.165, 1.54) is 6.92 Å². The van der Waals surface area contributed by atoms with Gasteiger partial charge in [0.2, 0.25) is 11.8 Å². The smallest absolute Gasteiger partial charge is 0.342 e. The van der Waals surface area contributed by atoms with Crippen LogP contribution in [-0.2, 0) is 9.59 Å². The van der Waals surface area contributed by atoms with Gasteiger partial charge in [0.05, 0.1) is 5.92 Å². The molecule has 1 unspecified atom stereocenters. The lowest BCUT2D eigenvalue weighted by atomic mass is 9.95. The van der Waals surface area contributed by atoms with E-state index in [9.17, 15) is 22.8 Å². The van der Waals surface area contributed by atoms with Crippen molar-refractivity contribution < 1.29 is 22.8 Å². The first-order valence-corrected chi connectivity index (χ1v) is 7.30. The zero-order valence-corrected chi connectivity index (χ0v) is 12.7. The molecule has 1 atom stereocenters. The highest BCUT2D eigenvalue weighted by Gasteiger charge is 2.36. The fraction of sp³-hybridized carbons (Fsp3) is 0.857. The fourth-order valence-electron chi connectivity index (χ4n) is 2.56. The van der Waals surface area contributed by atoms with Crippen LogP contribution < -0.4 is 0 Å². The van der Waals surface area contributed by atoms with E-state index in [-0.39, 0.29) is 24.9 Å². The maximum absolute atomic E-state index is 12.5.